The number of nitrogens with zero attached hydrogens (tertiary/aromatic N) is 9. The Hall–Kier alpha value is -8.52. The first kappa shape index (κ1) is 38.9. The summed E-state index contributed by atoms with van der Waals surface area (Å²) in [6.07, 6.45) is 22.4. The van der Waals surface area contributed by atoms with Gasteiger partial charge in [-0.2, -0.15) is 15.3 Å². The largest absolute Gasteiger partial charge is 0.489 e. The first-order valence-electron chi connectivity index (χ1n) is 22.8. The van der Waals surface area contributed by atoms with Crippen molar-refractivity contribution in [2.24, 2.45) is 7.05 Å². The van der Waals surface area contributed by atoms with Crippen LogP contribution in [0.1, 0.15) is 49.1 Å². The Bertz CT molecular complexity index is 3810. The van der Waals surface area contributed by atoms with Crippen LogP contribution in [-0.2, 0) is 13.5 Å². The van der Waals surface area contributed by atoms with Gasteiger partial charge < -0.3 is 23.8 Å². The van der Waals surface area contributed by atoms with Gasteiger partial charge in [0.25, 0.3) is 0 Å². The standard InChI is InChI=1S/C53H45N13O/c1-31-26-65(29-55-31)49-12-6-10-44-40(49)22-48(59-44)53-43-20-33(36-24-57-64(2)27-36)16-34(51(43)61-63-53)17-37-28-66(30-56-37)50-13-7-11-45-41(50)21-47(58-45)52-42-19-32(14-15-46(42)60-62-52)35-18-39(25-54-23-35)67-38-8-4-3-5-9-38/h6-7,10-16,18-30,38,58-59H,3-5,8-9,17H2,1-2H3,(H,60,62)(H,61,63). The predicted molar refractivity (Wildman–Crippen MR) is 261 cm³/mol. The van der Waals surface area contributed by atoms with E-state index in [1.807, 2.05) is 62.3 Å². The average Bonchev–Trinajstić information content (AvgIpc) is 4.22. The lowest BCUT2D eigenvalue weighted by molar-refractivity contribution is 0.154. The second kappa shape index (κ2) is 15.6. The molecule has 13 rings (SSSR count). The number of hydrogen-bond acceptors (Lipinski definition) is 7. The third-order valence-corrected chi connectivity index (χ3v) is 13.3. The molecule has 8 aromatic heterocycles. The lowest BCUT2D eigenvalue weighted by atomic mass is 9.98. The van der Waals surface area contributed by atoms with Crippen molar-refractivity contribution in [3.05, 3.63) is 152 Å². The Morgan fingerprint density at radius 3 is 2.21 bits per heavy atom. The summed E-state index contributed by atoms with van der Waals surface area (Å²) < 4.78 is 12.4. The molecule has 8 heterocycles. The summed E-state index contributed by atoms with van der Waals surface area (Å²) in [6.45, 7) is 2.00. The third kappa shape index (κ3) is 6.96. The van der Waals surface area contributed by atoms with Gasteiger partial charge in [-0.3, -0.25) is 19.9 Å². The van der Waals surface area contributed by atoms with Crippen LogP contribution in [0.15, 0.2) is 135 Å². The van der Waals surface area contributed by atoms with Crippen molar-refractivity contribution in [1.82, 2.24) is 64.2 Å². The van der Waals surface area contributed by atoms with Crippen LogP contribution >= 0.6 is 0 Å². The van der Waals surface area contributed by atoms with Gasteiger partial charge in [-0.25, -0.2) is 9.97 Å². The van der Waals surface area contributed by atoms with E-state index in [1.54, 1.807) is 0 Å². The van der Waals surface area contributed by atoms with Crippen LogP contribution in [0, 0.1) is 6.92 Å². The lowest BCUT2D eigenvalue weighted by Gasteiger charge is -2.23. The number of aromatic amines is 4. The highest BCUT2D eigenvalue weighted by Gasteiger charge is 2.21. The highest BCUT2D eigenvalue weighted by molar-refractivity contribution is 6.01. The average molecular weight is 880 g/mol. The summed E-state index contributed by atoms with van der Waals surface area (Å²) >= 11 is 0. The van der Waals surface area contributed by atoms with Crippen molar-refractivity contribution in [1.29, 1.82) is 0 Å². The van der Waals surface area contributed by atoms with Crippen LogP contribution in [0.5, 0.6) is 5.75 Å². The number of aromatic nitrogens is 13. The Balaban J connectivity index is 0.825. The van der Waals surface area contributed by atoms with Crippen molar-refractivity contribution in [2.45, 2.75) is 51.6 Å². The maximum atomic E-state index is 6.37. The third-order valence-electron chi connectivity index (χ3n) is 13.3. The van der Waals surface area contributed by atoms with Gasteiger partial charge in [-0.1, -0.05) is 24.6 Å². The normalized spacial score (nSPS) is 13.5. The molecule has 4 aromatic carbocycles. The molecule has 0 unspecified atom stereocenters. The van der Waals surface area contributed by atoms with Crippen LogP contribution in [-0.4, -0.2) is 70.3 Å². The van der Waals surface area contributed by atoms with Crippen LogP contribution in [0.2, 0.25) is 0 Å². The Morgan fingerprint density at radius 2 is 1.42 bits per heavy atom. The van der Waals surface area contributed by atoms with E-state index >= 15 is 0 Å². The highest BCUT2D eigenvalue weighted by atomic mass is 16.5. The Kier molecular flexibility index (Phi) is 9.05. The zero-order valence-corrected chi connectivity index (χ0v) is 37.0. The maximum absolute atomic E-state index is 6.37. The molecule has 12 aromatic rings. The molecule has 0 radical (unpaired) electrons. The molecule has 0 aliphatic heterocycles. The fourth-order valence-electron chi connectivity index (χ4n) is 10.0. The minimum absolute atomic E-state index is 0.261. The molecule has 14 nitrogen and oxygen atoms in total. The quantitative estimate of drug-likeness (QED) is 0.106. The number of benzene rings is 4. The van der Waals surface area contributed by atoms with Gasteiger partial charge in [-0.05, 0) is 116 Å². The number of imidazole rings is 2. The van der Waals surface area contributed by atoms with E-state index < -0.39 is 0 Å². The number of ether oxygens (including phenoxy) is 1. The molecular weight excluding hydrogens is 835 g/mol. The molecule has 1 fully saturated rings. The van der Waals surface area contributed by atoms with E-state index in [0.29, 0.717) is 6.42 Å². The smallest absolute Gasteiger partial charge is 0.138 e. The summed E-state index contributed by atoms with van der Waals surface area (Å²) in [5.41, 5.74) is 16.7. The number of H-pyrrole nitrogens is 4. The zero-order chi connectivity index (χ0) is 44.6. The Morgan fingerprint density at radius 1 is 0.642 bits per heavy atom. The van der Waals surface area contributed by atoms with Crippen molar-refractivity contribution in [3.8, 4) is 62.2 Å². The van der Waals surface area contributed by atoms with Crippen molar-refractivity contribution >= 4 is 43.6 Å². The van der Waals surface area contributed by atoms with Gasteiger partial charge in [-0.15, -0.1) is 0 Å². The molecule has 0 spiro atoms. The van der Waals surface area contributed by atoms with Crippen molar-refractivity contribution in [3.63, 3.8) is 0 Å². The van der Waals surface area contributed by atoms with Gasteiger partial charge >= 0.3 is 0 Å². The van der Waals surface area contributed by atoms with E-state index in [9.17, 15) is 0 Å². The molecule has 328 valence electrons. The number of rotatable bonds is 10. The molecule has 14 heteroatoms. The molecule has 4 N–H and O–H groups in total. The highest BCUT2D eigenvalue weighted by Crippen LogP contribution is 2.38. The first-order chi connectivity index (χ1) is 32.9. The summed E-state index contributed by atoms with van der Waals surface area (Å²) in [7, 11) is 1.94. The summed E-state index contributed by atoms with van der Waals surface area (Å²) in [6, 6.07) is 29.9. The Labute approximate surface area is 383 Å². The SMILES string of the molecule is Cc1cn(-c2cccc3[nH]c(-c4[nH]nc5c(Cc6cn(-c7cccc8[nH]c(-c9n[nH]c%10ccc(-c%11cncc(OC%12CCCCC%12)c%11)cc9%10)cc78)cn6)cc(-c6cnn(C)c6)cc45)cc23)cn1. The number of hydrogen-bond donors (Lipinski definition) is 4. The van der Waals surface area contributed by atoms with Crippen molar-refractivity contribution in [2.75, 3.05) is 0 Å². The number of pyridine rings is 1. The van der Waals surface area contributed by atoms with E-state index in [-0.39, 0.29) is 6.10 Å². The van der Waals surface area contributed by atoms with Gasteiger partial charge in [0.2, 0.25) is 0 Å². The summed E-state index contributed by atoms with van der Waals surface area (Å²) in [5.74, 6) is 0.821. The van der Waals surface area contributed by atoms with Crippen molar-refractivity contribution < 1.29 is 4.74 Å². The summed E-state index contributed by atoms with van der Waals surface area (Å²) in [5, 5.41) is 25.1. The topological polar surface area (TPSA) is 165 Å². The fraction of sp³-hybridized carbons (Fsp3) is 0.170. The van der Waals surface area contributed by atoms with Crippen LogP contribution in [0.4, 0.5) is 0 Å². The van der Waals surface area contributed by atoms with Gasteiger partial charge in [0.15, 0.2) is 0 Å². The zero-order valence-electron chi connectivity index (χ0n) is 37.0. The van der Waals surface area contributed by atoms with Gasteiger partial charge in [0, 0.05) is 82.0 Å². The molecule has 0 bridgehead atoms. The maximum Gasteiger partial charge on any atom is 0.138 e. The second-order valence-electron chi connectivity index (χ2n) is 17.9. The molecule has 0 saturated heterocycles. The number of fused-ring (bicyclic) bond motifs is 4. The lowest BCUT2D eigenvalue weighted by Crippen LogP contribution is -2.19. The molecule has 1 aliphatic carbocycles. The molecule has 1 aliphatic rings. The van der Waals surface area contributed by atoms with E-state index in [0.717, 1.165) is 136 Å². The molecule has 0 atom stereocenters. The van der Waals surface area contributed by atoms with Gasteiger partial charge in [0.1, 0.15) is 11.4 Å². The fourth-order valence-corrected chi connectivity index (χ4v) is 10.0. The van der Waals surface area contributed by atoms with Crippen LogP contribution < -0.4 is 4.74 Å². The number of aryl methyl sites for hydroxylation is 2. The van der Waals surface area contributed by atoms with E-state index in [1.165, 1.54) is 19.3 Å². The molecule has 1 saturated carbocycles. The summed E-state index contributed by atoms with van der Waals surface area (Å²) in [4.78, 5) is 21.3. The van der Waals surface area contributed by atoms with E-state index in [2.05, 4.69) is 135 Å². The molecular formula is C53H45N13O. The molecule has 0 amide bonds. The van der Waals surface area contributed by atoms with Crippen LogP contribution in [0.3, 0.4) is 0 Å². The van der Waals surface area contributed by atoms with E-state index in [4.69, 9.17) is 19.9 Å². The molecule has 67 heavy (non-hydrogen) atoms. The monoisotopic (exact) mass is 879 g/mol. The second-order valence-corrected chi connectivity index (χ2v) is 17.9. The predicted octanol–water partition coefficient (Wildman–Crippen LogP) is 11.2. The minimum Gasteiger partial charge on any atom is -0.489 e. The first-order valence-corrected chi connectivity index (χ1v) is 22.8. The van der Waals surface area contributed by atoms with Gasteiger partial charge in [0.05, 0.1) is 82.0 Å². The minimum atomic E-state index is 0.261. The van der Waals surface area contributed by atoms with Crippen LogP contribution in [0.25, 0.3) is 100 Å². The number of nitrogens with one attached hydrogen (secondary N) is 4.